The van der Waals surface area contributed by atoms with Gasteiger partial charge in [0.2, 0.25) is 5.91 Å². The highest BCUT2D eigenvalue weighted by molar-refractivity contribution is 9.10. The largest absolute Gasteiger partial charge is 0.497 e. The number of aryl methyl sites for hydroxylation is 1. The van der Waals surface area contributed by atoms with Crippen LogP contribution in [0.25, 0.3) is 10.8 Å². The highest BCUT2D eigenvalue weighted by Crippen LogP contribution is 2.22. The second-order valence-electron chi connectivity index (χ2n) is 6.59. The molecule has 0 saturated carbocycles. The number of rotatable bonds is 6. The number of hydrogen-bond donors (Lipinski definition) is 3. The lowest BCUT2D eigenvalue weighted by atomic mass is 10.1. The number of urea groups is 1. The van der Waals surface area contributed by atoms with E-state index in [0.717, 1.165) is 32.1 Å². The number of benzene rings is 3. The minimum Gasteiger partial charge on any atom is -0.497 e. The highest BCUT2D eigenvalue weighted by Gasteiger charge is 2.08. The summed E-state index contributed by atoms with van der Waals surface area (Å²) >= 11 is 3.38. The first kappa shape index (κ1) is 20.7. The Hall–Kier alpha value is -3.06. The summed E-state index contributed by atoms with van der Waals surface area (Å²) in [6, 6.07) is 17.0. The summed E-state index contributed by atoms with van der Waals surface area (Å²) in [5.74, 6) is 0.518. The Kier molecular flexibility index (Phi) is 6.72. The van der Waals surface area contributed by atoms with Gasteiger partial charge in [-0.25, -0.2) is 4.79 Å². The van der Waals surface area contributed by atoms with Crippen LogP contribution in [0.4, 0.5) is 10.5 Å². The molecular weight excluding hydrogens is 434 g/mol. The predicted octanol–water partition coefficient (Wildman–Crippen LogP) is 4.36. The molecule has 0 aliphatic rings. The summed E-state index contributed by atoms with van der Waals surface area (Å²) in [7, 11) is 1.64. The van der Waals surface area contributed by atoms with E-state index in [2.05, 4.69) is 31.9 Å². The zero-order valence-corrected chi connectivity index (χ0v) is 17.8. The van der Waals surface area contributed by atoms with Crippen molar-refractivity contribution in [3.05, 3.63) is 70.2 Å². The molecule has 0 radical (unpaired) electrons. The summed E-state index contributed by atoms with van der Waals surface area (Å²) in [5, 5.41) is 10.2. The van der Waals surface area contributed by atoms with Crippen LogP contribution in [0.15, 0.2) is 59.1 Å². The van der Waals surface area contributed by atoms with Gasteiger partial charge in [0.05, 0.1) is 13.7 Å². The quantitative estimate of drug-likeness (QED) is 0.516. The predicted molar refractivity (Wildman–Crippen MR) is 118 cm³/mol. The number of carbonyl (C=O) groups excluding carboxylic acids is 2. The fourth-order valence-electron chi connectivity index (χ4n) is 2.88. The Bertz CT molecular complexity index is 1050. The number of anilines is 1. The van der Waals surface area contributed by atoms with Crippen molar-refractivity contribution in [3.63, 3.8) is 0 Å². The summed E-state index contributed by atoms with van der Waals surface area (Å²) in [5.41, 5.74) is 2.62. The first-order valence-electron chi connectivity index (χ1n) is 9.09. The number of amides is 3. The Morgan fingerprint density at radius 3 is 2.48 bits per heavy atom. The molecule has 29 heavy (non-hydrogen) atoms. The van der Waals surface area contributed by atoms with Crippen LogP contribution < -0.4 is 20.7 Å². The lowest BCUT2D eigenvalue weighted by Crippen LogP contribution is -2.39. The number of hydrogen-bond acceptors (Lipinski definition) is 3. The van der Waals surface area contributed by atoms with Crippen LogP contribution in [0.1, 0.15) is 11.1 Å². The first-order chi connectivity index (χ1) is 13.9. The minimum atomic E-state index is -0.400. The summed E-state index contributed by atoms with van der Waals surface area (Å²) in [6.07, 6.45) is 0. The molecule has 0 saturated heterocycles. The molecule has 0 atom stereocenters. The highest BCUT2D eigenvalue weighted by atomic mass is 79.9. The van der Waals surface area contributed by atoms with Gasteiger partial charge in [-0.2, -0.15) is 0 Å². The molecule has 0 fully saturated rings. The molecule has 3 amide bonds. The van der Waals surface area contributed by atoms with Gasteiger partial charge in [-0.15, -0.1) is 0 Å². The molecule has 0 aliphatic carbocycles. The van der Waals surface area contributed by atoms with E-state index in [1.54, 1.807) is 7.11 Å². The van der Waals surface area contributed by atoms with Crippen molar-refractivity contribution >= 4 is 44.3 Å². The van der Waals surface area contributed by atoms with Gasteiger partial charge in [-0.3, -0.25) is 4.79 Å². The number of halogens is 1. The van der Waals surface area contributed by atoms with Crippen LogP contribution in [0.5, 0.6) is 5.75 Å². The number of nitrogens with one attached hydrogen (secondary N) is 3. The smallest absolute Gasteiger partial charge is 0.315 e. The summed E-state index contributed by atoms with van der Waals surface area (Å²) in [4.78, 5) is 24.1. The normalized spacial score (nSPS) is 10.4. The van der Waals surface area contributed by atoms with Crippen molar-refractivity contribution in [2.75, 3.05) is 19.0 Å². The van der Waals surface area contributed by atoms with E-state index in [1.165, 1.54) is 0 Å². The molecule has 0 spiro atoms. The molecule has 3 aromatic carbocycles. The summed E-state index contributed by atoms with van der Waals surface area (Å²) < 4.78 is 6.17. The van der Waals surface area contributed by atoms with Gasteiger partial charge in [0.25, 0.3) is 0 Å². The van der Waals surface area contributed by atoms with Crippen molar-refractivity contribution in [1.29, 1.82) is 0 Å². The van der Waals surface area contributed by atoms with Gasteiger partial charge in [-0.1, -0.05) is 34.1 Å². The van der Waals surface area contributed by atoms with Gasteiger partial charge in [0, 0.05) is 16.7 Å². The van der Waals surface area contributed by atoms with E-state index in [4.69, 9.17) is 4.74 Å². The maximum Gasteiger partial charge on any atom is 0.315 e. The molecule has 0 heterocycles. The Morgan fingerprint density at radius 1 is 0.966 bits per heavy atom. The molecular formula is C22H22BrN3O3. The van der Waals surface area contributed by atoms with E-state index >= 15 is 0 Å². The molecule has 3 N–H and O–H groups in total. The molecule has 0 unspecified atom stereocenters. The van der Waals surface area contributed by atoms with Crippen molar-refractivity contribution in [2.45, 2.75) is 13.5 Å². The van der Waals surface area contributed by atoms with Crippen LogP contribution in [0.2, 0.25) is 0 Å². The minimum absolute atomic E-state index is 0.112. The Labute approximate surface area is 177 Å². The van der Waals surface area contributed by atoms with Crippen LogP contribution in [-0.2, 0) is 11.3 Å². The van der Waals surface area contributed by atoms with Gasteiger partial charge in [-0.05, 0) is 65.2 Å². The molecule has 150 valence electrons. The lowest BCUT2D eigenvalue weighted by Gasteiger charge is -2.11. The standard InChI is InChI=1S/C22H22BrN3O3/c1-14-9-18(23)6-8-20(14)26-21(27)13-25-22(28)24-12-15-3-4-17-11-19(29-2)7-5-16(17)10-15/h3-11H,12-13H2,1-2H3,(H,26,27)(H2,24,25,28). The number of methoxy groups -OCH3 is 1. The molecule has 7 heteroatoms. The molecule has 3 aromatic rings. The third-order valence-corrected chi connectivity index (χ3v) is 4.93. The molecule has 6 nitrogen and oxygen atoms in total. The van der Waals surface area contributed by atoms with Crippen LogP contribution in [0, 0.1) is 6.92 Å². The van der Waals surface area contributed by atoms with Gasteiger partial charge in [0.15, 0.2) is 0 Å². The SMILES string of the molecule is COc1ccc2cc(CNC(=O)NCC(=O)Nc3ccc(Br)cc3C)ccc2c1. The fraction of sp³-hybridized carbons (Fsp3) is 0.182. The maximum absolute atomic E-state index is 12.1. The second-order valence-corrected chi connectivity index (χ2v) is 7.51. The summed E-state index contributed by atoms with van der Waals surface area (Å²) in [6.45, 7) is 2.15. The average molecular weight is 456 g/mol. The number of carbonyl (C=O) groups is 2. The van der Waals surface area contributed by atoms with E-state index in [-0.39, 0.29) is 12.5 Å². The zero-order valence-electron chi connectivity index (χ0n) is 16.2. The fourth-order valence-corrected chi connectivity index (χ4v) is 3.35. The zero-order chi connectivity index (χ0) is 20.8. The van der Waals surface area contributed by atoms with Gasteiger partial charge in [0.1, 0.15) is 5.75 Å². The van der Waals surface area contributed by atoms with E-state index in [9.17, 15) is 9.59 Å². The number of ether oxygens (including phenoxy) is 1. The van der Waals surface area contributed by atoms with E-state index < -0.39 is 6.03 Å². The van der Waals surface area contributed by atoms with Crippen molar-refractivity contribution in [1.82, 2.24) is 10.6 Å². The van der Waals surface area contributed by atoms with Crippen molar-refractivity contribution in [2.24, 2.45) is 0 Å². The van der Waals surface area contributed by atoms with Crippen LogP contribution in [0.3, 0.4) is 0 Å². The van der Waals surface area contributed by atoms with Crippen molar-refractivity contribution < 1.29 is 14.3 Å². The third-order valence-electron chi connectivity index (χ3n) is 4.44. The van der Waals surface area contributed by atoms with Gasteiger partial charge < -0.3 is 20.7 Å². The topological polar surface area (TPSA) is 79.5 Å². The monoisotopic (exact) mass is 455 g/mol. The lowest BCUT2D eigenvalue weighted by molar-refractivity contribution is -0.115. The second kappa shape index (κ2) is 9.43. The van der Waals surface area contributed by atoms with Crippen LogP contribution in [-0.4, -0.2) is 25.6 Å². The van der Waals surface area contributed by atoms with Crippen LogP contribution >= 0.6 is 15.9 Å². The Morgan fingerprint density at radius 2 is 1.72 bits per heavy atom. The molecule has 0 aromatic heterocycles. The first-order valence-corrected chi connectivity index (χ1v) is 9.88. The molecule has 0 aliphatic heterocycles. The van der Waals surface area contributed by atoms with Crippen molar-refractivity contribution in [3.8, 4) is 5.75 Å². The molecule has 0 bridgehead atoms. The van der Waals surface area contributed by atoms with E-state index in [1.807, 2.05) is 61.5 Å². The Balaban J connectivity index is 1.48. The van der Waals surface area contributed by atoms with Gasteiger partial charge >= 0.3 is 6.03 Å². The average Bonchev–Trinajstić information content (AvgIpc) is 2.72. The maximum atomic E-state index is 12.1. The molecule has 3 rings (SSSR count). The van der Waals surface area contributed by atoms with E-state index in [0.29, 0.717) is 12.2 Å². The third kappa shape index (κ3) is 5.71. The number of fused-ring (bicyclic) bond motifs is 1.